The van der Waals surface area contributed by atoms with Gasteiger partial charge in [0.05, 0.1) is 10.8 Å². The zero-order valence-corrected chi connectivity index (χ0v) is 13.8. The van der Waals surface area contributed by atoms with Gasteiger partial charge in [-0.2, -0.15) is 0 Å². The maximum atomic E-state index is 12.0. The van der Waals surface area contributed by atoms with Crippen LogP contribution in [-0.4, -0.2) is 17.7 Å². The quantitative estimate of drug-likeness (QED) is 0.804. The van der Waals surface area contributed by atoms with Crippen molar-refractivity contribution in [3.63, 3.8) is 0 Å². The minimum Gasteiger partial charge on any atom is -0.352 e. The highest BCUT2D eigenvalue weighted by Gasteiger charge is 2.22. The van der Waals surface area contributed by atoms with Gasteiger partial charge >= 0.3 is 0 Å². The first-order valence-electron chi connectivity index (χ1n) is 6.93. The Hall–Kier alpha value is -0.380. The Bertz CT molecular complexity index is 481. The summed E-state index contributed by atoms with van der Waals surface area (Å²) >= 11 is 13.4. The highest BCUT2D eigenvalue weighted by molar-refractivity contribution is 8.00. The van der Waals surface area contributed by atoms with E-state index >= 15 is 0 Å². The fraction of sp³-hybridized carbons (Fsp3) is 0.533. The first kappa shape index (κ1) is 16.0. The molecule has 1 fully saturated rings. The lowest BCUT2D eigenvalue weighted by molar-refractivity contribution is -0.119. The molecule has 1 aromatic carbocycles. The number of carbonyl (C=O) groups excluding carboxylic acids is 1. The van der Waals surface area contributed by atoms with Crippen molar-refractivity contribution in [2.24, 2.45) is 5.92 Å². The van der Waals surface area contributed by atoms with Crippen molar-refractivity contribution in [3.05, 3.63) is 28.2 Å². The summed E-state index contributed by atoms with van der Waals surface area (Å²) in [6.45, 7) is 2.21. The lowest BCUT2D eigenvalue weighted by Gasteiger charge is -2.29. The Morgan fingerprint density at radius 3 is 2.85 bits per heavy atom. The Balaban J connectivity index is 1.84. The van der Waals surface area contributed by atoms with Gasteiger partial charge in [-0.25, -0.2) is 0 Å². The van der Waals surface area contributed by atoms with Crippen LogP contribution in [0.2, 0.25) is 10.0 Å². The molecular formula is C15H19Cl2NOS. The number of thioether (sulfide) groups is 1. The molecule has 0 aromatic heterocycles. The van der Waals surface area contributed by atoms with Crippen molar-refractivity contribution in [3.8, 4) is 0 Å². The zero-order chi connectivity index (χ0) is 14.5. The predicted molar refractivity (Wildman–Crippen MR) is 86.7 cm³/mol. The van der Waals surface area contributed by atoms with Gasteiger partial charge in [-0.15, -0.1) is 11.8 Å². The van der Waals surface area contributed by atoms with Crippen LogP contribution in [0.3, 0.4) is 0 Å². The van der Waals surface area contributed by atoms with E-state index in [0.29, 0.717) is 27.8 Å². The average Bonchev–Trinajstić information content (AvgIpc) is 2.42. The predicted octanol–water partition coefficient (Wildman–Crippen LogP) is 4.78. The second-order valence-corrected chi connectivity index (χ2v) is 7.16. The van der Waals surface area contributed by atoms with E-state index in [1.54, 1.807) is 18.2 Å². The van der Waals surface area contributed by atoms with Crippen LogP contribution in [0.25, 0.3) is 0 Å². The first-order chi connectivity index (χ1) is 9.56. The topological polar surface area (TPSA) is 29.1 Å². The molecule has 1 N–H and O–H groups in total. The monoisotopic (exact) mass is 331 g/mol. The van der Waals surface area contributed by atoms with Crippen LogP contribution >= 0.6 is 35.0 Å². The van der Waals surface area contributed by atoms with Gasteiger partial charge in [0, 0.05) is 16.0 Å². The van der Waals surface area contributed by atoms with Crippen molar-refractivity contribution in [2.75, 3.05) is 5.75 Å². The molecule has 0 spiro atoms. The second-order valence-electron chi connectivity index (χ2n) is 5.30. The van der Waals surface area contributed by atoms with Gasteiger partial charge in [-0.05, 0) is 37.0 Å². The molecule has 1 amide bonds. The number of hydrogen-bond donors (Lipinski definition) is 1. The van der Waals surface area contributed by atoms with E-state index in [9.17, 15) is 4.79 Å². The fourth-order valence-corrected chi connectivity index (χ4v) is 3.81. The third-order valence-electron chi connectivity index (χ3n) is 3.71. The van der Waals surface area contributed by atoms with Gasteiger partial charge in [0.15, 0.2) is 0 Å². The summed E-state index contributed by atoms with van der Waals surface area (Å²) in [7, 11) is 0. The van der Waals surface area contributed by atoms with Crippen molar-refractivity contribution in [1.82, 2.24) is 5.32 Å². The van der Waals surface area contributed by atoms with E-state index in [-0.39, 0.29) is 5.91 Å². The molecule has 0 saturated heterocycles. The van der Waals surface area contributed by atoms with Gasteiger partial charge in [0.2, 0.25) is 5.91 Å². The molecule has 1 saturated carbocycles. The molecule has 0 unspecified atom stereocenters. The van der Waals surface area contributed by atoms with Crippen LogP contribution in [0, 0.1) is 5.92 Å². The Morgan fingerprint density at radius 1 is 1.35 bits per heavy atom. The van der Waals surface area contributed by atoms with Crippen molar-refractivity contribution in [1.29, 1.82) is 0 Å². The van der Waals surface area contributed by atoms with Crippen LogP contribution < -0.4 is 5.32 Å². The number of benzene rings is 1. The molecule has 110 valence electrons. The van der Waals surface area contributed by atoms with Crippen molar-refractivity contribution < 1.29 is 4.79 Å². The van der Waals surface area contributed by atoms with Gasteiger partial charge in [-0.1, -0.05) is 43.0 Å². The summed E-state index contributed by atoms with van der Waals surface area (Å²) in [4.78, 5) is 12.9. The Kier molecular flexibility index (Phi) is 6.06. The lowest BCUT2D eigenvalue weighted by Crippen LogP contribution is -2.41. The molecule has 0 radical (unpaired) electrons. The minimum absolute atomic E-state index is 0.0739. The maximum Gasteiger partial charge on any atom is 0.230 e. The normalized spacial score (nSPS) is 22.6. The van der Waals surface area contributed by atoms with Crippen LogP contribution in [0.15, 0.2) is 23.1 Å². The molecular weight excluding hydrogens is 313 g/mol. The number of hydrogen-bond acceptors (Lipinski definition) is 2. The molecule has 1 aliphatic carbocycles. The second kappa shape index (κ2) is 7.58. The Morgan fingerprint density at radius 2 is 2.10 bits per heavy atom. The molecule has 20 heavy (non-hydrogen) atoms. The van der Waals surface area contributed by atoms with Gasteiger partial charge < -0.3 is 5.32 Å². The SMILES string of the molecule is C[C@@H]1CCCC[C@H]1NC(=O)CSc1cc(Cl)ccc1Cl. The molecule has 0 aliphatic heterocycles. The summed E-state index contributed by atoms with van der Waals surface area (Å²) in [5.41, 5.74) is 0. The number of amides is 1. The molecule has 2 nitrogen and oxygen atoms in total. The number of nitrogens with one attached hydrogen (secondary N) is 1. The van der Waals surface area contributed by atoms with Crippen molar-refractivity contribution >= 4 is 40.9 Å². The molecule has 1 aliphatic rings. The van der Waals surface area contributed by atoms with E-state index in [1.165, 1.54) is 31.0 Å². The Labute approximate surface area is 134 Å². The third kappa shape index (κ3) is 4.57. The molecule has 0 heterocycles. The van der Waals surface area contributed by atoms with Gasteiger partial charge in [0.1, 0.15) is 0 Å². The van der Waals surface area contributed by atoms with E-state index in [1.807, 2.05) is 0 Å². The van der Waals surface area contributed by atoms with Crippen LogP contribution in [-0.2, 0) is 4.79 Å². The maximum absolute atomic E-state index is 12.0. The molecule has 5 heteroatoms. The summed E-state index contributed by atoms with van der Waals surface area (Å²) in [5, 5.41) is 4.41. The smallest absolute Gasteiger partial charge is 0.230 e. The molecule has 1 aromatic rings. The van der Waals surface area contributed by atoms with Gasteiger partial charge in [0.25, 0.3) is 0 Å². The van der Waals surface area contributed by atoms with Crippen molar-refractivity contribution in [2.45, 2.75) is 43.5 Å². The summed E-state index contributed by atoms with van der Waals surface area (Å²) in [6, 6.07) is 5.63. The molecule has 2 atom stereocenters. The van der Waals surface area contributed by atoms with Gasteiger partial charge in [-0.3, -0.25) is 4.79 Å². The highest BCUT2D eigenvalue weighted by atomic mass is 35.5. The summed E-state index contributed by atoms with van der Waals surface area (Å²) in [5.74, 6) is 1.03. The number of halogens is 2. The third-order valence-corrected chi connectivity index (χ3v) is 5.44. The first-order valence-corrected chi connectivity index (χ1v) is 8.67. The fourth-order valence-electron chi connectivity index (χ4n) is 2.51. The van der Waals surface area contributed by atoms with Crippen LogP contribution in [0.5, 0.6) is 0 Å². The van der Waals surface area contributed by atoms with E-state index in [4.69, 9.17) is 23.2 Å². The standard InChI is InChI=1S/C15H19Cl2NOS/c1-10-4-2-3-5-13(10)18-15(19)9-20-14-8-11(16)6-7-12(14)17/h6-8,10,13H,2-5,9H2,1H3,(H,18,19)/t10-,13-/m1/s1. The van der Waals surface area contributed by atoms with Crippen LogP contribution in [0.4, 0.5) is 0 Å². The highest BCUT2D eigenvalue weighted by Crippen LogP contribution is 2.30. The summed E-state index contributed by atoms with van der Waals surface area (Å²) in [6.07, 6.45) is 4.79. The summed E-state index contributed by atoms with van der Waals surface area (Å²) < 4.78 is 0. The largest absolute Gasteiger partial charge is 0.352 e. The van der Waals surface area contributed by atoms with E-state index in [0.717, 1.165) is 11.3 Å². The van der Waals surface area contributed by atoms with E-state index < -0.39 is 0 Å². The van der Waals surface area contributed by atoms with Crippen LogP contribution in [0.1, 0.15) is 32.6 Å². The van der Waals surface area contributed by atoms with E-state index in [2.05, 4.69) is 12.2 Å². The number of carbonyl (C=O) groups is 1. The lowest BCUT2D eigenvalue weighted by atomic mass is 9.86. The zero-order valence-electron chi connectivity index (χ0n) is 11.5. The molecule has 2 rings (SSSR count). The minimum atomic E-state index is 0.0739. The number of rotatable bonds is 4. The average molecular weight is 332 g/mol. The molecule has 0 bridgehead atoms.